The number of hydrogen-bond donors (Lipinski definition) is 1. The van der Waals surface area contributed by atoms with Crippen molar-refractivity contribution in [2.45, 2.75) is 57.0 Å². The molecule has 0 amide bonds. The summed E-state index contributed by atoms with van der Waals surface area (Å²) in [5.41, 5.74) is 1.09. The fraction of sp³-hybridized carbons (Fsp3) is 0.391. The Bertz CT molecular complexity index is 534. The molecule has 0 aromatic heterocycles. The van der Waals surface area contributed by atoms with Crippen molar-refractivity contribution in [3.05, 3.63) is 84.4 Å². The highest BCUT2D eigenvalue weighted by molar-refractivity contribution is 5.35. The van der Waals surface area contributed by atoms with Gasteiger partial charge in [0.15, 0.2) is 0 Å². The average Bonchev–Trinajstić information content (AvgIpc) is 2.65. The number of allylic oxidation sites excluding steroid dienone is 1. The summed E-state index contributed by atoms with van der Waals surface area (Å²) >= 11 is 0. The summed E-state index contributed by atoms with van der Waals surface area (Å²) in [5, 5.41) is 11.4. The summed E-state index contributed by atoms with van der Waals surface area (Å²) in [7, 11) is 0. The maximum absolute atomic E-state index is 11.4. The molecule has 0 aliphatic rings. The van der Waals surface area contributed by atoms with Crippen LogP contribution in [0.2, 0.25) is 0 Å². The van der Waals surface area contributed by atoms with Crippen LogP contribution in [0.15, 0.2) is 73.3 Å². The number of rotatable bonds is 11. The Labute approximate surface area is 147 Å². The van der Waals surface area contributed by atoms with Gasteiger partial charge in [-0.25, -0.2) is 0 Å². The minimum Gasteiger partial charge on any atom is -0.380 e. The van der Waals surface area contributed by atoms with E-state index in [1.165, 1.54) is 32.1 Å². The molecular weight excluding hydrogens is 292 g/mol. The maximum atomic E-state index is 11.4. The molecule has 0 atom stereocenters. The molecule has 1 heteroatoms. The Morgan fingerprint density at radius 1 is 0.708 bits per heavy atom. The Hall–Kier alpha value is -1.86. The van der Waals surface area contributed by atoms with Crippen LogP contribution in [0.4, 0.5) is 0 Å². The zero-order chi connectivity index (χ0) is 17.1. The van der Waals surface area contributed by atoms with Crippen molar-refractivity contribution in [1.29, 1.82) is 0 Å². The molecule has 2 aromatic rings. The van der Waals surface area contributed by atoms with Crippen LogP contribution >= 0.6 is 0 Å². The van der Waals surface area contributed by atoms with Gasteiger partial charge in [-0.2, -0.15) is 0 Å². The van der Waals surface area contributed by atoms with Gasteiger partial charge < -0.3 is 5.11 Å². The van der Waals surface area contributed by atoms with E-state index in [0.29, 0.717) is 0 Å². The highest BCUT2D eigenvalue weighted by atomic mass is 16.3. The van der Waals surface area contributed by atoms with E-state index in [2.05, 4.69) is 6.58 Å². The Balaban J connectivity index is 1.92. The minimum atomic E-state index is -0.884. The first-order valence-electron chi connectivity index (χ1n) is 9.22. The summed E-state index contributed by atoms with van der Waals surface area (Å²) in [5.74, 6) is 0. The monoisotopic (exact) mass is 322 g/mol. The van der Waals surface area contributed by atoms with E-state index >= 15 is 0 Å². The van der Waals surface area contributed by atoms with Crippen LogP contribution in [0.5, 0.6) is 0 Å². The highest BCUT2D eigenvalue weighted by Crippen LogP contribution is 2.34. The van der Waals surface area contributed by atoms with E-state index in [1.807, 2.05) is 66.7 Å². The van der Waals surface area contributed by atoms with E-state index in [-0.39, 0.29) is 0 Å². The third-order valence-corrected chi connectivity index (χ3v) is 4.70. The molecule has 0 spiro atoms. The first-order chi connectivity index (χ1) is 11.8. The third-order valence-electron chi connectivity index (χ3n) is 4.70. The standard InChI is InChI=1S/C23H30O/c1-2-3-4-5-6-7-8-15-20-23(24,21-16-11-9-12-17-21)22-18-13-10-14-19-22/h2,9-14,16-19,24H,1,3-8,15,20H2. The maximum Gasteiger partial charge on any atom is 0.115 e. The molecule has 24 heavy (non-hydrogen) atoms. The lowest BCUT2D eigenvalue weighted by molar-refractivity contribution is 0.0678. The van der Waals surface area contributed by atoms with Crippen LogP contribution in [0.25, 0.3) is 0 Å². The summed E-state index contributed by atoms with van der Waals surface area (Å²) in [4.78, 5) is 0. The molecule has 0 saturated carbocycles. The lowest BCUT2D eigenvalue weighted by Gasteiger charge is -2.29. The second-order valence-corrected chi connectivity index (χ2v) is 6.54. The summed E-state index contributed by atoms with van der Waals surface area (Å²) in [6.07, 6.45) is 11.2. The van der Waals surface area contributed by atoms with Gasteiger partial charge >= 0.3 is 0 Å². The van der Waals surface area contributed by atoms with Crippen LogP contribution in [-0.2, 0) is 5.60 Å². The molecule has 0 aliphatic heterocycles. The zero-order valence-electron chi connectivity index (χ0n) is 14.7. The number of benzene rings is 2. The van der Waals surface area contributed by atoms with E-state index in [9.17, 15) is 5.11 Å². The predicted molar refractivity (Wildman–Crippen MR) is 103 cm³/mol. The fourth-order valence-electron chi connectivity index (χ4n) is 3.26. The summed E-state index contributed by atoms with van der Waals surface area (Å²) in [6, 6.07) is 20.1. The van der Waals surface area contributed by atoms with Crippen LogP contribution < -0.4 is 0 Å². The molecule has 128 valence electrons. The number of unbranched alkanes of at least 4 members (excludes halogenated alkanes) is 6. The van der Waals surface area contributed by atoms with Gasteiger partial charge in [0.25, 0.3) is 0 Å². The summed E-state index contributed by atoms with van der Waals surface area (Å²) in [6.45, 7) is 3.76. The molecule has 1 N–H and O–H groups in total. The molecule has 0 fully saturated rings. The molecule has 0 bridgehead atoms. The quantitative estimate of drug-likeness (QED) is 0.384. The average molecular weight is 322 g/mol. The molecule has 0 aliphatic carbocycles. The minimum absolute atomic E-state index is 0.772. The first kappa shape index (κ1) is 18.5. The van der Waals surface area contributed by atoms with Gasteiger partial charge in [-0.1, -0.05) is 92.4 Å². The van der Waals surface area contributed by atoms with E-state index in [4.69, 9.17) is 0 Å². The molecular formula is C23H30O. The van der Waals surface area contributed by atoms with Crippen LogP contribution in [0.1, 0.15) is 62.5 Å². The normalized spacial score (nSPS) is 11.4. The van der Waals surface area contributed by atoms with Crippen molar-refractivity contribution in [3.8, 4) is 0 Å². The SMILES string of the molecule is C=CCCCCCCCCC(O)(c1ccccc1)c1ccccc1. The molecule has 2 aromatic carbocycles. The van der Waals surface area contributed by atoms with Crippen molar-refractivity contribution >= 4 is 0 Å². The topological polar surface area (TPSA) is 20.2 Å². The second-order valence-electron chi connectivity index (χ2n) is 6.54. The first-order valence-corrected chi connectivity index (χ1v) is 9.22. The lowest BCUT2D eigenvalue weighted by atomic mass is 9.82. The Morgan fingerprint density at radius 3 is 1.67 bits per heavy atom. The third kappa shape index (κ3) is 5.35. The fourth-order valence-corrected chi connectivity index (χ4v) is 3.26. The Kier molecular flexibility index (Phi) is 7.77. The van der Waals surface area contributed by atoms with Gasteiger partial charge in [-0.05, 0) is 36.8 Å². The second kappa shape index (κ2) is 10.1. The van der Waals surface area contributed by atoms with Crippen LogP contribution in [0.3, 0.4) is 0 Å². The van der Waals surface area contributed by atoms with E-state index < -0.39 is 5.60 Å². The molecule has 0 unspecified atom stereocenters. The Morgan fingerprint density at radius 2 is 1.17 bits per heavy atom. The molecule has 1 nitrogen and oxygen atoms in total. The van der Waals surface area contributed by atoms with Gasteiger partial charge in [0.1, 0.15) is 5.60 Å². The highest BCUT2D eigenvalue weighted by Gasteiger charge is 2.30. The smallest absolute Gasteiger partial charge is 0.115 e. The van der Waals surface area contributed by atoms with E-state index in [0.717, 1.165) is 30.4 Å². The van der Waals surface area contributed by atoms with Crippen LogP contribution in [-0.4, -0.2) is 5.11 Å². The van der Waals surface area contributed by atoms with Gasteiger partial charge in [0.2, 0.25) is 0 Å². The van der Waals surface area contributed by atoms with Gasteiger partial charge in [-0.15, -0.1) is 6.58 Å². The van der Waals surface area contributed by atoms with Gasteiger partial charge in [0.05, 0.1) is 0 Å². The predicted octanol–water partition coefficient (Wildman–Crippen LogP) is 6.23. The largest absolute Gasteiger partial charge is 0.380 e. The molecule has 2 rings (SSSR count). The number of aliphatic hydroxyl groups is 1. The van der Waals surface area contributed by atoms with Crippen molar-refractivity contribution in [1.82, 2.24) is 0 Å². The van der Waals surface area contributed by atoms with Crippen molar-refractivity contribution in [3.63, 3.8) is 0 Å². The van der Waals surface area contributed by atoms with Crippen molar-refractivity contribution in [2.75, 3.05) is 0 Å². The molecule has 0 heterocycles. The lowest BCUT2D eigenvalue weighted by Crippen LogP contribution is -2.27. The van der Waals surface area contributed by atoms with Gasteiger partial charge in [-0.3, -0.25) is 0 Å². The van der Waals surface area contributed by atoms with Gasteiger partial charge in [0, 0.05) is 0 Å². The molecule has 0 radical (unpaired) electrons. The van der Waals surface area contributed by atoms with Crippen molar-refractivity contribution in [2.24, 2.45) is 0 Å². The van der Waals surface area contributed by atoms with Crippen LogP contribution in [0, 0.1) is 0 Å². The zero-order valence-corrected chi connectivity index (χ0v) is 14.7. The van der Waals surface area contributed by atoms with Crippen molar-refractivity contribution < 1.29 is 5.11 Å². The number of hydrogen-bond acceptors (Lipinski definition) is 1. The van der Waals surface area contributed by atoms with E-state index in [1.54, 1.807) is 0 Å². The summed E-state index contributed by atoms with van der Waals surface area (Å²) < 4.78 is 0. The molecule has 0 saturated heterocycles.